The maximum Gasteiger partial charge on any atom is 0.416 e. The van der Waals surface area contributed by atoms with Crippen LogP contribution in [0.25, 0.3) is 5.69 Å². The van der Waals surface area contributed by atoms with Gasteiger partial charge in [-0.05, 0) is 48.9 Å². The highest BCUT2D eigenvalue weighted by atomic mass is 32.1. The molecule has 7 nitrogen and oxygen atoms in total. The topological polar surface area (TPSA) is 81.9 Å². The van der Waals surface area contributed by atoms with E-state index in [9.17, 15) is 18.0 Å². The Labute approximate surface area is 190 Å². The van der Waals surface area contributed by atoms with Crippen molar-refractivity contribution < 1.29 is 22.7 Å². The van der Waals surface area contributed by atoms with Gasteiger partial charge in [0.1, 0.15) is 5.75 Å². The first kappa shape index (κ1) is 22.5. The van der Waals surface area contributed by atoms with Crippen LogP contribution in [-0.4, -0.2) is 33.0 Å². The van der Waals surface area contributed by atoms with Gasteiger partial charge < -0.3 is 4.74 Å². The molecule has 2 heterocycles. The largest absolute Gasteiger partial charge is 0.497 e. The Morgan fingerprint density at radius 3 is 2.45 bits per heavy atom. The zero-order valence-corrected chi connectivity index (χ0v) is 18.4. The van der Waals surface area contributed by atoms with E-state index < -0.39 is 17.6 Å². The minimum atomic E-state index is -4.37. The van der Waals surface area contributed by atoms with Gasteiger partial charge in [-0.2, -0.15) is 13.2 Å². The third-order valence-corrected chi connectivity index (χ3v) is 5.77. The number of anilines is 1. The number of nitrogens with zero attached hydrogens (tertiary/aromatic N) is 4. The van der Waals surface area contributed by atoms with E-state index >= 15 is 0 Å². The first-order chi connectivity index (χ1) is 15.7. The molecule has 1 N–H and O–H groups in total. The van der Waals surface area contributed by atoms with Crippen molar-refractivity contribution in [3.63, 3.8) is 0 Å². The van der Waals surface area contributed by atoms with Crippen LogP contribution in [0.15, 0.2) is 54.7 Å². The van der Waals surface area contributed by atoms with Gasteiger partial charge in [-0.3, -0.25) is 10.1 Å². The number of benzene rings is 2. The SMILES string of the molecule is COc1ccc(-n2nnc(C(=O)Nc3ncc(Cc4ccc(C(F)(F)F)cc4)s3)c2C)cc1. The summed E-state index contributed by atoms with van der Waals surface area (Å²) in [5.41, 5.74) is 1.46. The molecule has 2 aromatic carbocycles. The van der Waals surface area contributed by atoms with Gasteiger partial charge in [0.15, 0.2) is 10.8 Å². The number of thiazole rings is 1. The molecule has 0 unspecified atom stereocenters. The monoisotopic (exact) mass is 473 g/mol. The Kier molecular flexibility index (Phi) is 6.14. The van der Waals surface area contributed by atoms with Crippen molar-refractivity contribution >= 4 is 22.4 Å². The molecule has 1 amide bonds. The van der Waals surface area contributed by atoms with E-state index in [4.69, 9.17) is 4.74 Å². The second kappa shape index (κ2) is 9.02. The van der Waals surface area contributed by atoms with Crippen molar-refractivity contribution in [1.82, 2.24) is 20.0 Å². The summed E-state index contributed by atoms with van der Waals surface area (Å²) in [5.74, 6) is 0.244. The average Bonchev–Trinajstić information content (AvgIpc) is 3.39. The molecule has 0 saturated heterocycles. The Hall–Kier alpha value is -3.73. The van der Waals surface area contributed by atoms with Crippen LogP contribution in [0, 0.1) is 6.92 Å². The number of rotatable bonds is 6. The van der Waals surface area contributed by atoms with Gasteiger partial charge in [-0.15, -0.1) is 16.4 Å². The van der Waals surface area contributed by atoms with Gasteiger partial charge in [0, 0.05) is 17.5 Å². The van der Waals surface area contributed by atoms with Crippen LogP contribution >= 0.6 is 11.3 Å². The number of hydrogen-bond acceptors (Lipinski definition) is 6. The fourth-order valence-electron chi connectivity index (χ4n) is 3.12. The van der Waals surface area contributed by atoms with Crippen LogP contribution in [-0.2, 0) is 12.6 Å². The lowest BCUT2D eigenvalue weighted by molar-refractivity contribution is -0.137. The number of hydrogen-bond donors (Lipinski definition) is 1. The molecular weight excluding hydrogens is 455 g/mol. The second-order valence-corrected chi connectivity index (χ2v) is 8.21. The smallest absolute Gasteiger partial charge is 0.416 e. The van der Waals surface area contributed by atoms with Gasteiger partial charge in [0.2, 0.25) is 0 Å². The van der Waals surface area contributed by atoms with Crippen molar-refractivity contribution in [2.75, 3.05) is 12.4 Å². The molecule has 0 aliphatic carbocycles. The summed E-state index contributed by atoms with van der Waals surface area (Å²) in [6, 6.07) is 12.1. The number of halogens is 3. The van der Waals surface area contributed by atoms with Crippen molar-refractivity contribution in [1.29, 1.82) is 0 Å². The Morgan fingerprint density at radius 2 is 1.82 bits per heavy atom. The Balaban J connectivity index is 1.43. The van der Waals surface area contributed by atoms with E-state index in [1.807, 2.05) is 0 Å². The lowest BCUT2D eigenvalue weighted by atomic mass is 10.1. The number of aromatic nitrogens is 4. The zero-order chi connectivity index (χ0) is 23.6. The predicted octanol–water partition coefficient (Wildman–Crippen LogP) is 4.90. The molecule has 0 aliphatic heterocycles. The summed E-state index contributed by atoms with van der Waals surface area (Å²) in [6.07, 6.45) is -2.38. The lowest BCUT2D eigenvalue weighted by Crippen LogP contribution is -2.14. The molecule has 0 aliphatic rings. The number of methoxy groups -OCH3 is 1. The molecule has 33 heavy (non-hydrogen) atoms. The lowest BCUT2D eigenvalue weighted by Gasteiger charge is -2.06. The predicted molar refractivity (Wildman–Crippen MR) is 117 cm³/mol. The number of carbonyl (C=O) groups is 1. The summed E-state index contributed by atoms with van der Waals surface area (Å²) in [6.45, 7) is 1.73. The quantitative estimate of drug-likeness (QED) is 0.431. The van der Waals surface area contributed by atoms with E-state index in [0.717, 1.165) is 22.7 Å². The van der Waals surface area contributed by atoms with Crippen molar-refractivity contribution in [3.8, 4) is 11.4 Å². The molecule has 4 rings (SSSR count). The summed E-state index contributed by atoms with van der Waals surface area (Å²) >= 11 is 1.24. The summed E-state index contributed by atoms with van der Waals surface area (Å²) in [4.78, 5) is 17.7. The van der Waals surface area contributed by atoms with Crippen molar-refractivity contribution in [3.05, 3.63) is 82.1 Å². The molecule has 0 bridgehead atoms. The van der Waals surface area contributed by atoms with Gasteiger partial charge in [-0.25, -0.2) is 9.67 Å². The minimum absolute atomic E-state index is 0.158. The number of amides is 1. The fourth-order valence-corrected chi connectivity index (χ4v) is 3.97. The summed E-state index contributed by atoms with van der Waals surface area (Å²) in [5, 5.41) is 11.1. The molecule has 170 valence electrons. The van der Waals surface area contributed by atoms with E-state index in [2.05, 4.69) is 20.6 Å². The van der Waals surface area contributed by atoms with Gasteiger partial charge >= 0.3 is 6.18 Å². The third kappa shape index (κ3) is 5.03. The molecular formula is C22H18F3N5O2S. The summed E-state index contributed by atoms with van der Waals surface area (Å²) < 4.78 is 44.8. The molecule has 2 aromatic heterocycles. The van der Waals surface area contributed by atoms with Crippen LogP contribution in [0.5, 0.6) is 5.75 Å². The van der Waals surface area contributed by atoms with Crippen LogP contribution in [0.2, 0.25) is 0 Å². The minimum Gasteiger partial charge on any atom is -0.497 e. The fraction of sp³-hybridized carbons (Fsp3) is 0.182. The second-order valence-electron chi connectivity index (χ2n) is 7.09. The molecule has 0 spiro atoms. The number of ether oxygens (including phenoxy) is 1. The third-order valence-electron chi connectivity index (χ3n) is 4.86. The summed E-state index contributed by atoms with van der Waals surface area (Å²) in [7, 11) is 1.58. The van der Waals surface area contributed by atoms with Crippen LogP contribution < -0.4 is 10.1 Å². The highest BCUT2D eigenvalue weighted by Crippen LogP contribution is 2.30. The Morgan fingerprint density at radius 1 is 1.12 bits per heavy atom. The van der Waals surface area contributed by atoms with E-state index in [1.54, 1.807) is 49.2 Å². The van der Waals surface area contributed by atoms with E-state index in [-0.39, 0.29) is 5.69 Å². The number of carbonyl (C=O) groups excluding carboxylic acids is 1. The highest BCUT2D eigenvalue weighted by Gasteiger charge is 2.30. The normalized spacial score (nSPS) is 11.4. The molecule has 0 fully saturated rings. The average molecular weight is 473 g/mol. The first-order valence-corrected chi connectivity index (χ1v) is 10.5. The van der Waals surface area contributed by atoms with Crippen LogP contribution in [0.4, 0.5) is 18.3 Å². The van der Waals surface area contributed by atoms with Gasteiger partial charge in [0.05, 0.1) is 24.1 Å². The maximum atomic E-state index is 12.7. The van der Waals surface area contributed by atoms with E-state index in [0.29, 0.717) is 28.6 Å². The van der Waals surface area contributed by atoms with E-state index in [1.165, 1.54) is 23.5 Å². The zero-order valence-electron chi connectivity index (χ0n) is 17.6. The molecule has 0 atom stereocenters. The van der Waals surface area contributed by atoms with Crippen LogP contribution in [0.3, 0.4) is 0 Å². The molecule has 4 aromatic rings. The Bertz CT molecular complexity index is 1260. The molecule has 0 saturated carbocycles. The maximum absolute atomic E-state index is 12.7. The van der Waals surface area contributed by atoms with Crippen molar-refractivity contribution in [2.45, 2.75) is 19.5 Å². The molecule has 0 radical (unpaired) electrons. The van der Waals surface area contributed by atoms with Gasteiger partial charge in [-0.1, -0.05) is 17.3 Å². The first-order valence-electron chi connectivity index (χ1n) is 9.73. The highest BCUT2D eigenvalue weighted by molar-refractivity contribution is 7.15. The van der Waals surface area contributed by atoms with Gasteiger partial charge in [0.25, 0.3) is 5.91 Å². The number of nitrogens with one attached hydrogen (secondary N) is 1. The standard InChI is InChI=1S/C22H18F3N5O2S/c1-13-19(28-29-30(13)16-7-9-17(32-2)10-8-16)20(31)27-21-26-12-18(33-21)11-14-3-5-15(6-4-14)22(23,24)25/h3-10,12H,11H2,1-2H3,(H,26,27,31). The van der Waals surface area contributed by atoms with Crippen LogP contribution in [0.1, 0.15) is 32.2 Å². The van der Waals surface area contributed by atoms with Crippen molar-refractivity contribution in [2.24, 2.45) is 0 Å². The number of alkyl halides is 3. The molecule has 11 heteroatoms.